The number of sulfonamides is 1. The zero-order valence-electron chi connectivity index (χ0n) is 12.1. The molecule has 0 fully saturated rings. The van der Waals surface area contributed by atoms with Crippen molar-refractivity contribution in [2.45, 2.75) is 24.8 Å². The number of hydrogen-bond acceptors (Lipinski definition) is 6. The smallest absolute Gasteiger partial charge is 0.258 e. The quantitative estimate of drug-likeness (QED) is 0.594. The summed E-state index contributed by atoms with van der Waals surface area (Å²) >= 11 is 1.43. The Morgan fingerprint density at radius 2 is 2.05 bits per heavy atom. The first-order chi connectivity index (χ1) is 10.4. The Hall–Kier alpha value is -1.84. The van der Waals surface area contributed by atoms with Gasteiger partial charge in [-0.1, -0.05) is 19.1 Å². The second-order valence-corrected chi connectivity index (χ2v) is 7.77. The van der Waals surface area contributed by atoms with E-state index in [9.17, 15) is 18.5 Å². The summed E-state index contributed by atoms with van der Waals surface area (Å²) in [6, 6.07) is 5.32. The van der Waals surface area contributed by atoms with Crippen LogP contribution in [0, 0.1) is 10.1 Å². The summed E-state index contributed by atoms with van der Waals surface area (Å²) in [5.74, 6) is 0. The molecule has 0 radical (unpaired) electrons. The number of nitro groups is 1. The zero-order valence-corrected chi connectivity index (χ0v) is 13.7. The van der Waals surface area contributed by atoms with Gasteiger partial charge in [0.25, 0.3) is 5.69 Å². The number of para-hydroxylation sites is 1. The number of nitrogens with zero attached hydrogens (tertiary/aromatic N) is 3. The van der Waals surface area contributed by atoms with Gasteiger partial charge in [0.15, 0.2) is 4.90 Å². The molecule has 22 heavy (non-hydrogen) atoms. The minimum absolute atomic E-state index is 0.0824. The largest absolute Gasteiger partial charge is 0.289 e. The Labute approximate surface area is 132 Å². The second-order valence-electron chi connectivity index (χ2n) is 4.56. The molecule has 0 aliphatic heterocycles. The van der Waals surface area contributed by atoms with Crippen LogP contribution in [-0.2, 0) is 23.0 Å². The monoisotopic (exact) mass is 341 g/mol. The Kier molecular flexibility index (Phi) is 4.89. The Balaban J connectivity index is 2.31. The lowest BCUT2D eigenvalue weighted by Gasteiger charge is -2.15. The summed E-state index contributed by atoms with van der Waals surface area (Å²) in [6.45, 7) is 2.07. The Morgan fingerprint density at radius 3 is 2.64 bits per heavy atom. The van der Waals surface area contributed by atoms with Gasteiger partial charge in [-0.25, -0.2) is 13.4 Å². The molecule has 2 aromatic rings. The van der Waals surface area contributed by atoms with Crippen molar-refractivity contribution in [3.8, 4) is 0 Å². The molecule has 1 aromatic carbocycles. The zero-order chi connectivity index (χ0) is 16.3. The first-order valence-corrected chi connectivity index (χ1v) is 8.75. The number of nitro benzene ring substituents is 1. The summed E-state index contributed by atoms with van der Waals surface area (Å²) in [5, 5.41) is 11.7. The molecular formula is C13H15N3O4S2. The van der Waals surface area contributed by atoms with Gasteiger partial charge in [-0.2, -0.15) is 4.31 Å². The van der Waals surface area contributed by atoms with Gasteiger partial charge >= 0.3 is 0 Å². The van der Waals surface area contributed by atoms with Gasteiger partial charge in [0.1, 0.15) is 5.01 Å². The van der Waals surface area contributed by atoms with E-state index in [1.807, 2.05) is 6.92 Å². The van der Waals surface area contributed by atoms with E-state index in [2.05, 4.69) is 4.98 Å². The minimum atomic E-state index is -3.95. The van der Waals surface area contributed by atoms with Crippen LogP contribution in [0.5, 0.6) is 0 Å². The van der Waals surface area contributed by atoms with Crippen molar-refractivity contribution in [2.75, 3.05) is 7.05 Å². The molecule has 0 amide bonds. The van der Waals surface area contributed by atoms with Gasteiger partial charge in [0.05, 0.1) is 11.5 Å². The number of aromatic nitrogens is 1. The average Bonchev–Trinajstić information content (AvgIpc) is 2.94. The van der Waals surface area contributed by atoms with E-state index in [0.29, 0.717) is 5.01 Å². The van der Waals surface area contributed by atoms with E-state index >= 15 is 0 Å². The van der Waals surface area contributed by atoms with Crippen molar-refractivity contribution in [1.82, 2.24) is 9.29 Å². The Bertz CT molecular complexity index is 786. The molecule has 7 nitrogen and oxygen atoms in total. The molecule has 1 aromatic heterocycles. The van der Waals surface area contributed by atoms with E-state index in [1.54, 1.807) is 6.20 Å². The molecule has 118 valence electrons. The highest BCUT2D eigenvalue weighted by molar-refractivity contribution is 7.89. The van der Waals surface area contributed by atoms with Crippen molar-refractivity contribution < 1.29 is 13.3 Å². The van der Waals surface area contributed by atoms with Crippen LogP contribution in [0.3, 0.4) is 0 Å². The van der Waals surface area contributed by atoms with Crippen LogP contribution in [0.4, 0.5) is 5.69 Å². The normalized spacial score (nSPS) is 11.8. The van der Waals surface area contributed by atoms with Crippen molar-refractivity contribution >= 4 is 27.0 Å². The molecule has 0 unspecified atom stereocenters. The van der Waals surface area contributed by atoms with Crippen LogP contribution in [-0.4, -0.2) is 29.7 Å². The second kappa shape index (κ2) is 6.51. The van der Waals surface area contributed by atoms with E-state index in [-0.39, 0.29) is 11.4 Å². The third-order valence-corrected chi connectivity index (χ3v) is 6.04. The predicted molar refractivity (Wildman–Crippen MR) is 83.2 cm³/mol. The lowest BCUT2D eigenvalue weighted by atomic mass is 10.3. The number of hydrogen-bond donors (Lipinski definition) is 0. The van der Waals surface area contributed by atoms with Crippen molar-refractivity contribution in [3.05, 3.63) is 50.5 Å². The summed E-state index contributed by atoms with van der Waals surface area (Å²) < 4.78 is 26.1. The SMILES string of the molecule is CCc1cnc(CN(C)S(=O)(=O)c2ccccc2[N+](=O)[O-])s1. The summed E-state index contributed by atoms with van der Waals surface area (Å²) in [4.78, 5) is 15.2. The van der Waals surface area contributed by atoms with Crippen LogP contribution in [0.1, 0.15) is 16.8 Å². The van der Waals surface area contributed by atoms with Crippen molar-refractivity contribution in [2.24, 2.45) is 0 Å². The van der Waals surface area contributed by atoms with E-state index in [4.69, 9.17) is 0 Å². The summed E-state index contributed by atoms with van der Waals surface area (Å²) in [5.41, 5.74) is -0.428. The highest BCUT2D eigenvalue weighted by Crippen LogP contribution is 2.27. The van der Waals surface area contributed by atoms with Gasteiger partial charge in [-0.05, 0) is 12.5 Å². The van der Waals surface area contributed by atoms with Crippen LogP contribution in [0.2, 0.25) is 0 Å². The van der Waals surface area contributed by atoms with E-state index in [1.165, 1.54) is 42.6 Å². The fourth-order valence-electron chi connectivity index (χ4n) is 1.85. The van der Waals surface area contributed by atoms with Crippen molar-refractivity contribution in [1.29, 1.82) is 0 Å². The highest BCUT2D eigenvalue weighted by Gasteiger charge is 2.29. The van der Waals surface area contributed by atoms with Crippen molar-refractivity contribution in [3.63, 3.8) is 0 Å². The lowest BCUT2D eigenvalue weighted by Crippen LogP contribution is -2.27. The topological polar surface area (TPSA) is 93.4 Å². The molecule has 0 saturated heterocycles. The number of thiazole rings is 1. The highest BCUT2D eigenvalue weighted by atomic mass is 32.2. The van der Waals surface area contributed by atoms with Gasteiger partial charge in [0, 0.05) is 24.2 Å². The van der Waals surface area contributed by atoms with Crippen LogP contribution in [0.25, 0.3) is 0 Å². The third-order valence-electron chi connectivity index (χ3n) is 3.06. The van der Waals surface area contributed by atoms with E-state index < -0.39 is 20.6 Å². The molecule has 1 heterocycles. The molecule has 0 bridgehead atoms. The average molecular weight is 341 g/mol. The van der Waals surface area contributed by atoms with Gasteiger partial charge in [-0.3, -0.25) is 10.1 Å². The van der Waals surface area contributed by atoms with Crippen LogP contribution >= 0.6 is 11.3 Å². The summed E-state index contributed by atoms with van der Waals surface area (Å²) in [6.07, 6.45) is 2.55. The number of aryl methyl sites for hydroxylation is 1. The third kappa shape index (κ3) is 3.32. The number of rotatable bonds is 6. The predicted octanol–water partition coefficient (Wildman–Crippen LogP) is 2.43. The lowest BCUT2D eigenvalue weighted by molar-refractivity contribution is -0.387. The van der Waals surface area contributed by atoms with Crippen LogP contribution < -0.4 is 0 Å². The van der Waals surface area contributed by atoms with Gasteiger partial charge in [0.2, 0.25) is 10.0 Å². The van der Waals surface area contributed by atoms with Crippen LogP contribution in [0.15, 0.2) is 35.4 Å². The maximum absolute atomic E-state index is 12.5. The molecule has 0 aliphatic rings. The molecule has 0 saturated carbocycles. The molecule has 0 atom stereocenters. The van der Waals surface area contributed by atoms with Gasteiger partial charge < -0.3 is 0 Å². The fraction of sp³-hybridized carbons (Fsp3) is 0.308. The fourth-order valence-corrected chi connectivity index (χ4v) is 4.14. The molecule has 0 N–H and O–H groups in total. The van der Waals surface area contributed by atoms with E-state index in [0.717, 1.165) is 15.6 Å². The minimum Gasteiger partial charge on any atom is -0.258 e. The molecular weight excluding hydrogens is 326 g/mol. The maximum Gasteiger partial charge on any atom is 0.289 e. The summed E-state index contributed by atoms with van der Waals surface area (Å²) in [7, 11) is -2.56. The first-order valence-electron chi connectivity index (χ1n) is 6.49. The first kappa shape index (κ1) is 16.5. The molecule has 0 aliphatic carbocycles. The standard InChI is InChI=1S/C13H15N3O4S2/c1-3-10-8-14-13(21-10)9-15(2)22(19,20)12-7-5-4-6-11(12)16(17)18/h4-8H,3,9H2,1-2H3. The molecule has 0 spiro atoms. The molecule has 9 heteroatoms. The molecule has 2 rings (SSSR count). The maximum atomic E-state index is 12.5. The Morgan fingerprint density at radius 1 is 1.36 bits per heavy atom. The van der Waals surface area contributed by atoms with Gasteiger partial charge in [-0.15, -0.1) is 11.3 Å². The number of benzene rings is 1.